The van der Waals surface area contributed by atoms with Gasteiger partial charge in [0.25, 0.3) is 0 Å². The zero-order valence-corrected chi connectivity index (χ0v) is 18.5. The van der Waals surface area contributed by atoms with Gasteiger partial charge in [0, 0.05) is 31.1 Å². The summed E-state index contributed by atoms with van der Waals surface area (Å²) in [6.07, 6.45) is 2.71. The first-order valence-corrected chi connectivity index (χ1v) is 9.57. The molecule has 138 valence electrons. The van der Waals surface area contributed by atoms with Crippen LogP contribution in [0.15, 0.2) is 4.99 Å². The minimum atomic E-state index is 0. The summed E-state index contributed by atoms with van der Waals surface area (Å²) in [4.78, 5) is 13.1. The third-order valence-corrected chi connectivity index (χ3v) is 5.31. The average molecular weight is 465 g/mol. The highest BCUT2D eigenvalue weighted by Crippen LogP contribution is 2.17. The van der Waals surface area contributed by atoms with Crippen LogP contribution < -0.4 is 10.6 Å². The number of nitrogens with one attached hydrogen (secondary N) is 2. The fourth-order valence-electron chi connectivity index (χ4n) is 2.92. The number of aliphatic imine (C=N–C) groups is 1. The molecule has 1 atom stereocenters. The highest BCUT2D eigenvalue weighted by Gasteiger charge is 2.15. The molecule has 0 aromatic carbocycles. The van der Waals surface area contributed by atoms with Crippen LogP contribution in [0.2, 0.25) is 0 Å². The van der Waals surface area contributed by atoms with E-state index in [0.717, 1.165) is 42.2 Å². The number of piperidine rings is 1. The Morgan fingerprint density at radius 3 is 2.79 bits per heavy atom. The first-order chi connectivity index (χ1) is 11.1. The first kappa shape index (κ1) is 21.6. The van der Waals surface area contributed by atoms with Crippen LogP contribution in [0.3, 0.4) is 0 Å². The standard InChI is InChI=1S/C17H31N5S.HI/c1-5-18-17(20-11-16-21-14(3)15(4)23-16)19-8-10-22-9-6-7-13(2)12-22;/h13H,5-12H2,1-4H3,(H2,18,19,20);1H. The minimum absolute atomic E-state index is 0. The minimum Gasteiger partial charge on any atom is -0.357 e. The summed E-state index contributed by atoms with van der Waals surface area (Å²) in [7, 11) is 0. The number of hydrogen-bond donors (Lipinski definition) is 2. The molecule has 1 aliphatic rings. The molecule has 0 radical (unpaired) electrons. The molecule has 0 bridgehead atoms. The van der Waals surface area contributed by atoms with Crippen LogP contribution in [0.4, 0.5) is 0 Å². The Labute approximate surface area is 167 Å². The Hall–Kier alpha value is -0.410. The Morgan fingerprint density at radius 2 is 2.17 bits per heavy atom. The van der Waals surface area contributed by atoms with Gasteiger partial charge in [-0.15, -0.1) is 35.3 Å². The van der Waals surface area contributed by atoms with Gasteiger partial charge in [-0.1, -0.05) is 6.92 Å². The van der Waals surface area contributed by atoms with E-state index in [9.17, 15) is 0 Å². The number of aromatic nitrogens is 1. The number of halogens is 1. The quantitative estimate of drug-likeness (QED) is 0.385. The van der Waals surface area contributed by atoms with E-state index in [1.807, 2.05) is 0 Å². The van der Waals surface area contributed by atoms with Crippen LogP contribution in [-0.2, 0) is 6.54 Å². The van der Waals surface area contributed by atoms with Crippen LogP contribution in [0.25, 0.3) is 0 Å². The lowest BCUT2D eigenvalue weighted by molar-refractivity contribution is 0.187. The Morgan fingerprint density at radius 1 is 1.38 bits per heavy atom. The smallest absolute Gasteiger partial charge is 0.191 e. The molecule has 1 aromatic rings. The summed E-state index contributed by atoms with van der Waals surface area (Å²) in [5, 5.41) is 7.85. The van der Waals surface area contributed by atoms with Gasteiger partial charge in [-0.05, 0) is 46.1 Å². The SMILES string of the molecule is CCNC(=NCc1nc(C)c(C)s1)NCCN1CCCC(C)C1.I. The summed E-state index contributed by atoms with van der Waals surface area (Å²) < 4.78 is 0. The highest BCUT2D eigenvalue weighted by atomic mass is 127. The van der Waals surface area contributed by atoms with Crippen LogP contribution in [0.1, 0.15) is 42.3 Å². The Balaban J connectivity index is 0.00000288. The van der Waals surface area contributed by atoms with Crippen molar-refractivity contribution in [2.24, 2.45) is 10.9 Å². The van der Waals surface area contributed by atoms with E-state index in [1.165, 1.54) is 30.8 Å². The van der Waals surface area contributed by atoms with Crippen molar-refractivity contribution in [2.45, 2.75) is 47.1 Å². The molecule has 24 heavy (non-hydrogen) atoms. The number of nitrogens with zero attached hydrogens (tertiary/aromatic N) is 3. The van der Waals surface area contributed by atoms with Crippen molar-refractivity contribution in [1.29, 1.82) is 0 Å². The number of aryl methyl sites for hydroxylation is 2. The van der Waals surface area contributed by atoms with Crippen molar-refractivity contribution < 1.29 is 0 Å². The molecule has 2 heterocycles. The zero-order chi connectivity index (χ0) is 16.7. The molecule has 1 fully saturated rings. The molecule has 0 saturated carbocycles. The van der Waals surface area contributed by atoms with E-state index in [-0.39, 0.29) is 24.0 Å². The van der Waals surface area contributed by atoms with Crippen molar-refractivity contribution in [2.75, 3.05) is 32.7 Å². The second-order valence-electron chi connectivity index (χ2n) is 6.42. The lowest BCUT2D eigenvalue weighted by atomic mass is 10.0. The van der Waals surface area contributed by atoms with Crippen LogP contribution in [0.5, 0.6) is 0 Å². The summed E-state index contributed by atoms with van der Waals surface area (Å²) in [5.41, 5.74) is 1.12. The Kier molecular flexibility index (Phi) is 10.1. The molecule has 0 amide bonds. The van der Waals surface area contributed by atoms with Crippen molar-refractivity contribution in [3.8, 4) is 0 Å². The maximum Gasteiger partial charge on any atom is 0.191 e. The molecule has 0 spiro atoms. The molecular formula is C17H32IN5S. The van der Waals surface area contributed by atoms with Gasteiger partial charge in [-0.25, -0.2) is 9.98 Å². The third kappa shape index (κ3) is 7.23. The molecule has 2 N–H and O–H groups in total. The predicted octanol–water partition coefficient (Wildman–Crippen LogP) is 3.16. The molecule has 1 unspecified atom stereocenters. The lowest BCUT2D eigenvalue weighted by Crippen LogP contribution is -2.43. The van der Waals surface area contributed by atoms with Crippen LogP contribution in [-0.4, -0.2) is 48.6 Å². The number of rotatable bonds is 6. The maximum absolute atomic E-state index is 4.66. The van der Waals surface area contributed by atoms with Crippen LogP contribution in [0, 0.1) is 19.8 Å². The van der Waals surface area contributed by atoms with Gasteiger partial charge in [0.2, 0.25) is 0 Å². The first-order valence-electron chi connectivity index (χ1n) is 8.76. The van der Waals surface area contributed by atoms with E-state index in [1.54, 1.807) is 11.3 Å². The van der Waals surface area contributed by atoms with E-state index in [4.69, 9.17) is 0 Å². The lowest BCUT2D eigenvalue weighted by Gasteiger charge is -2.30. The summed E-state index contributed by atoms with van der Waals surface area (Å²) in [5.74, 6) is 1.73. The summed E-state index contributed by atoms with van der Waals surface area (Å²) in [6, 6.07) is 0. The maximum atomic E-state index is 4.66. The van der Waals surface area contributed by atoms with Gasteiger partial charge in [0.05, 0.1) is 12.2 Å². The summed E-state index contributed by atoms with van der Waals surface area (Å²) in [6.45, 7) is 14.6. The fourth-order valence-corrected chi connectivity index (χ4v) is 3.78. The number of thiazole rings is 1. The second-order valence-corrected chi connectivity index (χ2v) is 7.71. The van der Waals surface area contributed by atoms with E-state index < -0.39 is 0 Å². The largest absolute Gasteiger partial charge is 0.357 e. The topological polar surface area (TPSA) is 52.6 Å². The van der Waals surface area contributed by atoms with Crippen LogP contribution >= 0.6 is 35.3 Å². The third-order valence-electron chi connectivity index (χ3n) is 4.25. The number of guanidine groups is 1. The van der Waals surface area contributed by atoms with Crippen molar-refractivity contribution in [3.05, 3.63) is 15.6 Å². The van der Waals surface area contributed by atoms with Crippen molar-refractivity contribution in [1.82, 2.24) is 20.5 Å². The zero-order valence-electron chi connectivity index (χ0n) is 15.4. The molecule has 5 nitrogen and oxygen atoms in total. The molecule has 2 rings (SSSR count). The second kappa shape index (κ2) is 11.3. The molecule has 0 aliphatic carbocycles. The van der Waals surface area contributed by atoms with E-state index in [2.05, 4.69) is 53.2 Å². The van der Waals surface area contributed by atoms with Gasteiger partial charge in [-0.3, -0.25) is 0 Å². The average Bonchev–Trinajstić information content (AvgIpc) is 2.83. The van der Waals surface area contributed by atoms with E-state index in [0.29, 0.717) is 6.54 Å². The number of hydrogen-bond acceptors (Lipinski definition) is 4. The van der Waals surface area contributed by atoms with Gasteiger partial charge in [0.1, 0.15) is 5.01 Å². The molecule has 1 aliphatic heterocycles. The van der Waals surface area contributed by atoms with Gasteiger partial charge < -0.3 is 15.5 Å². The molecule has 1 aromatic heterocycles. The van der Waals surface area contributed by atoms with Crippen molar-refractivity contribution in [3.63, 3.8) is 0 Å². The fraction of sp³-hybridized carbons (Fsp3) is 0.765. The Bertz CT molecular complexity index is 498. The summed E-state index contributed by atoms with van der Waals surface area (Å²) >= 11 is 1.74. The number of likely N-dealkylation sites (tertiary alicyclic amines) is 1. The van der Waals surface area contributed by atoms with Gasteiger partial charge in [0.15, 0.2) is 5.96 Å². The van der Waals surface area contributed by atoms with Crippen molar-refractivity contribution >= 4 is 41.3 Å². The van der Waals surface area contributed by atoms with Gasteiger partial charge in [-0.2, -0.15) is 0 Å². The normalized spacial score (nSPS) is 19.0. The highest BCUT2D eigenvalue weighted by molar-refractivity contribution is 14.0. The van der Waals surface area contributed by atoms with Gasteiger partial charge >= 0.3 is 0 Å². The molecule has 1 saturated heterocycles. The predicted molar refractivity (Wildman–Crippen MR) is 115 cm³/mol. The molecule has 7 heteroatoms. The van der Waals surface area contributed by atoms with E-state index >= 15 is 0 Å². The molecular weight excluding hydrogens is 433 g/mol. The monoisotopic (exact) mass is 465 g/mol.